The first-order valence-electron chi connectivity index (χ1n) is 17.1. The van der Waals surface area contributed by atoms with Crippen LogP contribution in [0.3, 0.4) is 0 Å². The number of aromatic nitrogens is 3. The van der Waals surface area contributed by atoms with Crippen LogP contribution in [0.4, 0.5) is 0 Å². The van der Waals surface area contributed by atoms with Crippen molar-refractivity contribution in [3.63, 3.8) is 0 Å². The van der Waals surface area contributed by atoms with Crippen molar-refractivity contribution in [3.05, 3.63) is 176 Å². The molecule has 0 amide bonds. The smallest absolute Gasteiger partial charge is 0.164 e. The highest BCUT2D eigenvalue weighted by molar-refractivity contribution is 6.09. The minimum Gasteiger partial charge on any atom is -0.456 e. The first-order chi connectivity index (χ1) is 25.2. The van der Waals surface area contributed by atoms with Crippen molar-refractivity contribution in [3.8, 4) is 56.4 Å². The Morgan fingerprint density at radius 1 is 0.294 bits per heavy atom. The Kier molecular flexibility index (Phi) is 6.78. The first-order valence-corrected chi connectivity index (χ1v) is 17.1. The summed E-state index contributed by atoms with van der Waals surface area (Å²) in [5, 5.41) is 6.80. The molecule has 4 heteroatoms. The van der Waals surface area contributed by atoms with E-state index >= 15 is 0 Å². The van der Waals surface area contributed by atoms with E-state index in [9.17, 15) is 0 Å². The lowest BCUT2D eigenvalue weighted by molar-refractivity contribution is 0.669. The first kappa shape index (κ1) is 29.0. The Hall–Kier alpha value is -6.91. The normalized spacial score (nSPS) is 11.5. The van der Waals surface area contributed by atoms with Crippen LogP contribution in [-0.4, -0.2) is 15.0 Å². The molecule has 0 bridgehead atoms. The van der Waals surface area contributed by atoms with Gasteiger partial charge in [-0.2, -0.15) is 0 Å². The Balaban J connectivity index is 1.14. The Labute approximate surface area is 294 Å². The van der Waals surface area contributed by atoms with Gasteiger partial charge in [0.05, 0.1) is 0 Å². The van der Waals surface area contributed by atoms with Crippen LogP contribution >= 0.6 is 0 Å². The molecule has 4 nitrogen and oxygen atoms in total. The summed E-state index contributed by atoms with van der Waals surface area (Å²) in [6.07, 6.45) is 0. The third-order valence-electron chi connectivity index (χ3n) is 9.68. The van der Waals surface area contributed by atoms with Gasteiger partial charge in [0, 0.05) is 27.5 Å². The largest absolute Gasteiger partial charge is 0.456 e. The molecule has 10 aromatic rings. The highest BCUT2D eigenvalue weighted by Crippen LogP contribution is 2.39. The van der Waals surface area contributed by atoms with Gasteiger partial charge in [-0.15, -0.1) is 0 Å². The molecule has 238 valence electrons. The molecular formula is C47H29N3O. The van der Waals surface area contributed by atoms with Crippen molar-refractivity contribution in [2.45, 2.75) is 0 Å². The van der Waals surface area contributed by atoms with Gasteiger partial charge in [0.15, 0.2) is 17.5 Å². The maximum Gasteiger partial charge on any atom is 0.164 e. The van der Waals surface area contributed by atoms with Crippen molar-refractivity contribution in [1.82, 2.24) is 15.0 Å². The van der Waals surface area contributed by atoms with Gasteiger partial charge in [0.1, 0.15) is 11.2 Å². The number of furan rings is 1. The fourth-order valence-corrected chi connectivity index (χ4v) is 7.11. The second-order valence-electron chi connectivity index (χ2n) is 12.9. The number of benzene rings is 8. The van der Waals surface area contributed by atoms with Gasteiger partial charge >= 0.3 is 0 Å². The molecule has 0 saturated carbocycles. The monoisotopic (exact) mass is 651 g/mol. The van der Waals surface area contributed by atoms with Crippen LogP contribution < -0.4 is 0 Å². The van der Waals surface area contributed by atoms with Crippen LogP contribution in [0.15, 0.2) is 180 Å². The number of fused-ring (bicyclic) bond motifs is 5. The van der Waals surface area contributed by atoms with Crippen LogP contribution in [0.25, 0.3) is 99.9 Å². The molecule has 0 aliphatic rings. The Morgan fingerprint density at radius 3 is 1.53 bits per heavy atom. The summed E-state index contributed by atoms with van der Waals surface area (Å²) in [7, 11) is 0. The Morgan fingerprint density at radius 2 is 0.804 bits per heavy atom. The van der Waals surface area contributed by atoms with Gasteiger partial charge in [-0.3, -0.25) is 0 Å². The van der Waals surface area contributed by atoms with E-state index < -0.39 is 0 Å². The van der Waals surface area contributed by atoms with E-state index in [1.165, 1.54) is 32.8 Å². The molecule has 8 aromatic carbocycles. The zero-order chi connectivity index (χ0) is 33.7. The topological polar surface area (TPSA) is 51.8 Å². The number of rotatable bonds is 5. The lowest BCUT2D eigenvalue weighted by atomic mass is 9.92. The van der Waals surface area contributed by atoms with E-state index in [1.807, 2.05) is 42.5 Å². The summed E-state index contributed by atoms with van der Waals surface area (Å²) >= 11 is 0. The van der Waals surface area contributed by atoms with E-state index in [4.69, 9.17) is 19.4 Å². The SMILES string of the molecule is c1ccc(-c2cc(-c3ccc4oc5ccc(-c6nc(-c7ccccc7)nc(-c7ccc8ccccc8c7)n6)cc5c4c3)c3ccccc3c2)cc1. The molecule has 0 radical (unpaired) electrons. The third-order valence-corrected chi connectivity index (χ3v) is 9.68. The predicted octanol–water partition coefficient (Wildman–Crippen LogP) is 12.4. The molecule has 2 heterocycles. The molecule has 2 aromatic heterocycles. The van der Waals surface area contributed by atoms with Gasteiger partial charge in [-0.25, -0.2) is 15.0 Å². The lowest BCUT2D eigenvalue weighted by Crippen LogP contribution is -2.00. The molecular weight excluding hydrogens is 623 g/mol. The van der Waals surface area contributed by atoms with Gasteiger partial charge in [-0.1, -0.05) is 127 Å². The molecule has 0 unspecified atom stereocenters. The van der Waals surface area contributed by atoms with Crippen LogP contribution in [0.1, 0.15) is 0 Å². The van der Waals surface area contributed by atoms with E-state index in [-0.39, 0.29) is 0 Å². The number of nitrogens with zero attached hydrogens (tertiary/aromatic N) is 3. The zero-order valence-corrected chi connectivity index (χ0v) is 27.5. The number of hydrogen-bond donors (Lipinski definition) is 0. The van der Waals surface area contributed by atoms with Crippen molar-refractivity contribution in [2.24, 2.45) is 0 Å². The lowest BCUT2D eigenvalue weighted by Gasteiger charge is -2.11. The van der Waals surface area contributed by atoms with E-state index in [1.54, 1.807) is 0 Å². The molecule has 0 atom stereocenters. The second-order valence-corrected chi connectivity index (χ2v) is 12.9. The summed E-state index contributed by atoms with van der Waals surface area (Å²) in [5.74, 6) is 1.88. The van der Waals surface area contributed by atoms with Gasteiger partial charge in [0.2, 0.25) is 0 Å². The van der Waals surface area contributed by atoms with E-state index in [0.717, 1.165) is 49.6 Å². The minimum absolute atomic E-state index is 0.612. The summed E-state index contributed by atoms with van der Waals surface area (Å²) in [4.78, 5) is 15.0. The second kappa shape index (κ2) is 11.9. The molecule has 0 aliphatic carbocycles. The summed E-state index contributed by atoms with van der Waals surface area (Å²) in [6, 6.07) is 61.2. The molecule has 0 fully saturated rings. The van der Waals surface area contributed by atoms with Crippen LogP contribution in [-0.2, 0) is 0 Å². The average Bonchev–Trinajstić information content (AvgIpc) is 3.58. The third kappa shape index (κ3) is 5.22. The Bertz CT molecular complexity index is 2910. The van der Waals surface area contributed by atoms with Crippen molar-refractivity contribution in [1.29, 1.82) is 0 Å². The maximum atomic E-state index is 6.39. The molecule has 0 N–H and O–H groups in total. The summed E-state index contributed by atoms with van der Waals surface area (Å²) in [5.41, 5.74) is 9.14. The average molecular weight is 652 g/mol. The quantitative estimate of drug-likeness (QED) is 0.186. The van der Waals surface area contributed by atoms with Crippen molar-refractivity contribution < 1.29 is 4.42 Å². The van der Waals surface area contributed by atoms with Gasteiger partial charge in [0.25, 0.3) is 0 Å². The molecule has 0 spiro atoms. The van der Waals surface area contributed by atoms with Crippen molar-refractivity contribution >= 4 is 43.5 Å². The van der Waals surface area contributed by atoms with Crippen LogP contribution in [0.2, 0.25) is 0 Å². The van der Waals surface area contributed by atoms with Gasteiger partial charge < -0.3 is 4.42 Å². The predicted molar refractivity (Wildman–Crippen MR) is 209 cm³/mol. The van der Waals surface area contributed by atoms with Crippen molar-refractivity contribution in [2.75, 3.05) is 0 Å². The van der Waals surface area contributed by atoms with Crippen LogP contribution in [0.5, 0.6) is 0 Å². The molecule has 0 saturated heterocycles. The van der Waals surface area contributed by atoms with E-state index in [0.29, 0.717) is 17.5 Å². The summed E-state index contributed by atoms with van der Waals surface area (Å²) in [6.45, 7) is 0. The van der Waals surface area contributed by atoms with Crippen LogP contribution in [0, 0.1) is 0 Å². The summed E-state index contributed by atoms with van der Waals surface area (Å²) < 4.78 is 6.39. The highest BCUT2D eigenvalue weighted by Gasteiger charge is 2.16. The number of hydrogen-bond acceptors (Lipinski definition) is 4. The van der Waals surface area contributed by atoms with Gasteiger partial charge in [-0.05, 0) is 92.3 Å². The maximum absolute atomic E-state index is 6.39. The standard InChI is InChI=1S/C47H29N3O/c1-3-11-30(12-4-1)38-26-34-17-9-10-18-39(34)40(29-38)35-21-23-43-41(27-35)42-28-37(22-24-44(42)51-43)47-49-45(32-14-5-2-6-15-32)48-46(50-47)36-20-19-31-13-7-8-16-33(31)25-36/h1-29H. The minimum atomic E-state index is 0.612. The molecule has 51 heavy (non-hydrogen) atoms. The van der Waals surface area contributed by atoms with E-state index in [2.05, 4.69) is 133 Å². The zero-order valence-electron chi connectivity index (χ0n) is 27.5. The fourth-order valence-electron chi connectivity index (χ4n) is 7.11. The molecule has 0 aliphatic heterocycles. The molecule has 10 rings (SSSR count). The highest BCUT2D eigenvalue weighted by atomic mass is 16.3. The fraction of sp³-hybridized carbons (Fsp3) is 0.